The average molecular weight is 403 g/mol. The molecule has 5 heteroatoms. The van der Waals surface area contributed by atoms with Gasteiger partial charge in [0.15, 0.2) is 0 Å². The third kappa shape index (κ3) is 6.06. The second kappa shape index (κ2) is 9.15. The number of nitrogens with zero attached hydrogens (tertiary/aromatic N) is 1. The molecule has 0 fully saturated rings. The van der Waals surface area contributed by atoms with Gasteiger partial charge in [0, 0.05) is 9.65 Å². The first-order valence-corrected chi connectivity index (χ1v) is 8.37. The Morgan fingerprint density at radius 3 is 2.70 bits per heavy atom. The van der Waals surface area contributed by atoms with E-state index >= 15 is 0 Å². The summed E-state index contributed by atoms with van der Waals surface area (Å²) in [7, 11) is 0. The number of ether oxygens (including phenoxy) is 1. The van der Waals surface area contributed by atoms with Crippen LogP contribution >= 0.6 is 31.9 Å². The molecule has 20 heavy (non-hydrogen) atoms. The van der Waals surface area contributed by atoms with E-state index in [1.807, 2.05) is 6.07 Å². The van der Waals surface area contributed by atoms with Crippen molar-refractivity contribution in [3.63, 3.8) is 0 Å². The number of para-hydroxylation sites is 1. The maximum atomic E-state index is 11.9. The number of hydrogen-bond acceptors (Lipinski definition) is 3. The molecule has 1 aromatic carbocycles. The highest BCUT2D eigenvalue weighted by Gasteiger charge is 2.17. The van der Waals surface area contributed by atoms with Gasteiger partial charge in [0.25, 0.3) is 0 Å². The first-order chi connectivity index (χ1) is 9.56. The van der Waals surface area contributed by atoms with Crippen LogP contribution in [0.4, 0.5) is 0 Å². The molecule has 2 atom stereocenters. The summed E-state index contributed by atoms with van der Waals surface area (Å²) in [5, 5.41) is 8.93. The van der Waals surface area contributed by atoms with Crippen LogP contribution in [0.15, 0.2) is 24.3 Å². The SMILES string of the molecule is CCCC(Br)CC(Br)CC(=O)Oc1ccccc1C#N. The molecule has 0 N–H and O–H groups in total. The standard InChI is InChI=1S/C15H17Br2NO2/c1-2-5-12(16)8-13(17)9-15(19)20-14-7-4-3-6-11(14)10-18/h3-4,6-7,12-13H,2,5,8-9H2,1H3. The average Bonchev–Trinajstić information content (AvgIpc) is 2.39. The lowest BCUT2D eigenvalue weighted by atomic mass is 10.1. The van der Waals surface area contributed by atoms with E-state index in [9.17, 15) is 4.79 Å². The van der Waals surface area contributed by atoms with E-state index < -0.39 is 0 Å². The fraction of sp³-hybridized carbons (Fsp3) is 0.467. The first kappa shape index (κ1) is 17.2. The van der Waals surface area contributed by atoms with Gasteiger partial charge in [-0.25, -0.2) is 0 Å². The third-order valence-corrected chi connectivity index (χ3v) is 4.26. The van der Waals surface area contributed by atoms with Crippen molar-refractivity contribution >= 4 is 37.8 Å². The quantitative estimate of drug-likeness (QED) is 0.381. The molecule has 0 spiro atoms. The summed E-state index contributed by atoms with van der Waals surface area (Å²) in [6.07, 6.45) is 3.33. The molecule has 0 bridgehead atoms. The normalized spacial score (nSPS) is 13.3. The predicted molar refractivity (Wildman–Crippen MR) is 86.4 cm³/mol. The first-order valence-electron chi connectivity index (χ1n) is 6.54. The zero-order valence-corrected chi connectivity index (χ0v) is 14.5. The largest absolute Gasteiger partial charge is 0.425 e. The lowest BCUT2D eigenvalue weighted by molar-refractivity contribution is -0.134. The Balaban J connectivity index is 2.49. The van der Waals surface area contributed by atoms with Gasteiger partial charge in [-0.15, -0.1) is 0 Å². The number of hydrogen-bond donors (Lipinski definition) is 0. The van der Waals surface area contributed by atoms with Crippen LogP contribution in [0.3, 0.4) is 0 Å². The Morgan fingerprint density at radius 2 is 2.05 bits per heavy atom. The van der Waals surface area contributed by atoms with Gasteiger partial charge in [0.2, 0.25) is 0 Å². The van der Waals surface area contributed by atoms with Crippen molar-refractivity contribution in [2.45, 2.75) is 42.3 Å². The van der Waals surface area contributed by atoms with Crippen LogP contribution in [0, 0.1) is 11.3 Å². The molecule has 3 nitrogen and oxygen atoms in total. The van der Waals surface area contributed by atoms with Crippen LogP contribution in [-0.4, -0.2) is 15.6 Å². The summed E-state index contributed by atoms with van der Waals surface area (Å²) in [6, 6.07) is 8.75. The monoisotopic (exact) mass is 401 g/mol. The van der Waals surface area contributed by atoms with Gasteiger partial charge in [-0.1, -0.05) is 57.3 Å². The molecular weight excluding hydrogens is 386 g/mol. The van der Waals surface area contributed by atoms with E-state index in [2.05, 4.69) is 38.8 Å². The van der Waals surface area contributed by atoms with Gasteiger partial charge in [-0.3, -0.25) is 4.79 Å². The van der Waals surface area contributed by atoms with Crippen LogP contribution in [0.1, 0.15) is 38.2 Å². The van der Waals surface area contributed by atoms with Gasteiger partial charge < -0.3 is 4.74 Å². The molecule has 0 aliphatic heterocycles. The zero-order valence-electron chi connectivity index (χ0n) is 11.3. The van der Waals surface area contributed by atoms with Crippen molar-refractivity contribution in [1.82, 2.24) is 0 Å². The number of rotatable bonds is 7. The maximum Gasteiger partial charge on any atom is 0.312 e. The van der Waals surface area contributed by atoms with E-state index in [-0.39, 0.29) is 17.2 Å². The summed E-state index contributed by atoms with van der Waals surface area (Å²) in [5.41, 5.74) is 0.372. The summed E-state index contributed by atoms with van der Waals surface area (Å²) in [4.78, 5) is 12.3. The predicted octanol–water partition coefficient (Wildman–Crippen LogP) is 4.57. The Bertz CT molecular complexity index is 485. The van der Waals surface area contributed by atoms with E-state index in [1.54, 1.807) is 24.3 Å². The number of esters is 1. The second-order valence-corrected chi connectivity index (χ2v) is 7.10. The fourth-order valence-electron chi connectivity index (χ4n) is 1.79. The van der Waals surface area contributed by atoms with Gasteiger partial charge >= 0.3 is 5.97 Å². The highest BCUT2D eigenvalue weighted by molar-refractivity contribution is 9.10. The van der Waals surface area contributed by atoms with E-state index in [4.69, 9.17) is 10.00 Å². The van der Waals surface area contributed by atoms with Crippen molar-refractivity contribution in [1.29, 1.82) is 5.26 Å². The molecule has 0 aliphatic rings. The molecule has 1 aromatic rings. The van der Waals surface area contributed by atoms with E-state index in [0.717, 1.165) is 19.3 Å². The number of halogens is 2. The van der Waals surface area contributed by atoms with Crippen molar-refractivity contribution in [2.24, 2.45) is 0 Å². The van der Waals surface area contributed by atoms with Crippen molar-refractivity contribution in [3.05, 3.63) is 29.8 Å². The lowest BCUT2D eigenvalue weighted by Gasteiger charge is -2.13. The minimum atomic E-state index is -0.328. The lowest BCUT2D eigenvalue weighted by Crippen LogP contribution is -2.17. The number of nitriles is 1. The molecular formula is C15H17Br2NO2. The van der Waals surface area contributed by atoms with E-state index in [0.29, 0.717) is 16.1 Å². The summed E-state index contributed by atoms with van der Waals surface area (Å²) in [6.45, 7) is 2.13. The molecule has 0 aromatic heterocycles. The molecule has 0 aliphatic carbocycles. The molecule has 108 valence electrons. The zero-order chi connectivity index (χ0) is 15.0. The molecule has 0 radical (unpaired) electrons. The number of carbonyl (C=O) groups is 1. The maximum absolute atomic E-state index is 11.9. The number of benzene rings is 1. The number of carbonyl (C=O) groups excluding carboxylic acids is 1. The Morgan fingerprint density at radius 1 is 1.35 bits per heavy atom. The van der Waals surface area contributed by atoms with Crippen LogP contribution in [0.5, 0.6) is 5.75 Å². The smallest absolute Gasteiger partial charge is 0.312 e. The minimum absolute atomic E-state index is 0.0696. The van der Waals surface area contributed by atoms with Crippen molar-refractivity contribution in [2.75, 3.05) is 0 Å². The van der Waals surface area contributed by atoms with Crippen LogP contribution in [-0.2, 0) is 4.79 Å². The van der Waals surface area contributed by atoms with Crippen molar-refractivity contribution in [3.8, 4) is 11.8 Å². The highest BCUT2D eigenvalue weighted by Crippen LogP contribution is 2.23. The Labute approximate surface area is 136 Å². The van der Waals surface area contributed by atoms with Gasteiger partial charge in [0.05, 0.1) is 12.0 Å². The van der Waals surface area contributed by atoms with Gasteiger partial charge in [-0.2, -0.15) is 5.26 Å². The molecule has 2 unspecified atom stereocenters. The number of alkyl halides is 2. The third-order valence-electron chi connectivity index (χ3n) is 2.73. The molecule has 1 rings (SSSR count). The van der Waals surface area contributed by atoms with Crippen molar-refractivity contribution < 1.29 is 9.53 Å². The molecule has 0 amide bonds. The molecule has 0 saturated carbocycles. The minimum Gasteiger partial charge on any atom is -0.425 e. The molecule has 0 heterocycles. The second-order valence-electron chi connectivity index (χ2n) is 4.51. The van der Waals surface area contributed by atoms with E-state index in [1.165, 1.54) is 0 Å². The van der Waals surface area contributed by atoms with Crippen LogP contribution in [0.2, 0.25) is 0 Å². The Hall–Kier alpha value is -0.860. The van der Waals surface area contributed by atoms with Crippen LogP contribution in [0.25, 0.3) is 0 Å². The van der Waals surface area contributed by atoms with Crippen LogP contribution < -0.4 is 4.74 Å². The molecule has 0 saturated heterocycles. The summed E-state index contributed by atoms with van der Waals surface area (Å²) >= 11 is 7.10. The summed E-state index contributed by atoms with van der Waals surface area (Å²) in [5.74, 6) is -0.00516. The summed E-state index contributed by atoms with van der Waals surface area (Å²) < 4.78 is 5.24. The van der Waals surface area contributed by atoms with Gasteiger partial charge in [0.1, 0.15) is 11.8 Å². The fourth-order valence-corrected chi connectivity index (χ4v) is 3.91. The Kier molecular flexibility index (Phi) is 7.86. The van der Waals surface area contributed by atoms with Gasteiger partial charge in [-0.05, 0) is 25.0 Å². The highest BCUT2D eigenvalue weighted by atomic mass is 79.9. The topological polar surface area (TPSA) is 50.1 Å².